The van der Waals surface area contributed by atoms with Crippen LogP contribution in [-0.4, -0.2) is 15.9 Å². The third-order valence-corrected chi connectivity index (χ3v) is 3.29. The molecule has 0 aliphatic rings. The molecule has 0 radical (unpaired) electrons. The summed E-state index contributed by atoms with van der Waals surface area (Å²) in [5.74, 6) is -1.85. The number of aromatic hydroxyl groups is 1. The summed E-state index contributed by atoms with van der Waals surface area (Å²) in [5.41, 5.74) is -2.79. The summed E-state index contributed by atoms with van der Waals surface area (Å²) in [5, 5.41) is 22.0. The number of halogens is 4. The van der Waals surface area contributed by atoms with Crippen molar-refractivity contribution in [1.29, 1.82) is 0 Å². The molecule has 0 fully saturated rings. The summed E-state index contributed by atoms with van der Waals surface area (Å²) < 4.78 is 38.7. The number of carbonyl (C=O) groups is 1. The normalized spacial score (nSPS) is 11.2. The quantitative estimate of drug-likeness (QED) is 0.487. The Bertz CT molecular complexity index is 824. The molecule has 6 nitrogen and oxygen atoms in total. The molecule has 24 heavy (non-hydrogen) atoms. The van der Waals surface area contributed by atoms with Gasteiger partial charge in [-0.15, -0.1) is 0 Å². The van der Waals surface area contributed by atoms with Gasteiger partial charge in [0.2, 0.25) is 0 Å². The van der Waals surface area contributed by atoms with Gasteiger partial charge in [0.1, 0.15) is 10.8 Å². The van der Waals surface area contributed by atoms with Crippen LogP contribution in [-0.2, 0) is 6.18 Å². The van der Waals surface area contributed by atoms with Crippen LogP contribution < -0.4 is 5.32 Å². The van der Waals surface area contributed by atoms with E-state index in [4.69, 9.17) is 11.6 Å². The summed E-state index contributed by atoms with van der Waals surface area (Å²) in [6.45, 7) is 0. The Kier molecular flexibility index (Phi) is 4.65. The summed E-state index contributed by atoms with van der Waals surface area (Å²) in [6.07, 6.45) is -4.75. The number of rotatable bonds is 3. The lowest BCUT2D eigenvalue weighted by atomic mass is 10.1. The first kappa shape index (κ1) is 17.5. The van der Waals surface area contributed by atoms with Gasteiger partial charge in [-0.2, -0.15) is 13.2 Å². The van der Waals surface area contributed by atoms with Crippen molar-refractivity contribution in [3.05, 3.63) is 62.7 Å². The zero-order valence-electron chi connectivity index (χ0n) is 11.6. The zero-order chi connectivity index (χ0) is 18.1. The minimum atomic E-state index is -4.75. The van der Waals surface area contributed by atoms with Crippen LogP contribution in [0.25, 0.3) is 0 Å². The molecule has 2 N–H and O–H groups in total. The molecule has 2 rings (SSSR count). The third-order valence-electron chi connectivity index (χ3n) is 2.99. The van der Waals surface area contributed by atoms with Gasteiger partial charge in [0.25, 0.3) is 11.6 Å². The number of phenols is 1. The van der Waals surface area contributed by atoms with Gasteiger partial charge in [-0.05, 0) is 18.2 Å². The van der Waals surface area contributed by atoms with Crippen LogP contribution in [0.4, 0.5) is 24.5 Å². The molecule has 2 aromatic rings. The summed E-state index contributed by atoms with van der Waals surface area (Å²) in [4.78, 5) is 21.9. The van der Waals surface area contributed by atoms with Crippen molar-refractivity contribution in [2.45, 2.75) is 6.18 Å². The maximum atomic E-state index is 12.9. The van der Waals surface area contributed by atoms with Crippen LogP contribution >= 0.6 is 11.6 Å². The number of nitrogens with one attached hydrogen (secondary N) is 1. The first-order valence-electron chi connectivity index (χ1n) is 6.25. The van der Waals surface area contributed by atoms with E-state index in [9.17, 15) is 33.2 Å². The van der Waals surface area contributed by atoms with Crippen LogP contribution in [0, 0.1) is 10.1 Å². The van der Waals surface area contributed by atoms with Crippen LogP contribution in [0.5, 0.6) is 5.75 Å². The van der Waals surface area contributed by atoms with Gasteiger partial charge in [0, 0.05) is 0 Å². The van der Waals surface area contributed by atoms with Crippen LogP contribution in [0.2, 0.25) is 5.02 Å². The number of alkyl halides is 3. The van der Waals surface area contributed by atoms with Gasteiger partial charge in [-0.25, -0.2) is 0 Å². The van der Waals surface area contributed by atoms with Gasteiger partial charge in [0.05, 0.1) is 27.8 Å². The van der Waals surface area contributed by atoms with Crippen molar-refractivity contribution in [1.82, 2.24) is 0 Å². The van der Waals surface area contributed by atoms with E-state index in [1.807, 2.05) is 5.32 Å². The Balaban J connectivity index is 2.38. The number of phenolic OH excluding ortho intramolecular Hbond substituents is 1. The lowest BCUT2D eigenvalue weighted by Crippen LogP contribution is -2.18. The number of hydrogen-bond donors (Lipinski definition) is 2. The van der Waals surface area contributed by atoms with E-state index in [0.717, 1.165) is 24.3 Å². The van der Waals surface area contributed by atoms with Crippen molar-refractivity contribution >= 4 is 28.9 Å². The molecule has 0 aliphatic carbocycles. The van der Waals surface area contributed by atoms with Crippen molar-refractivity contribution < 1.29 is 28.0 Å². The molecule has 1 amide bonds. The summed E-state index contributed by atoms with van der Waals surface area (Å²) in [7, 11) is 0. The molecule has 0 bridgehead atoms. The molecule has 10 heteroatoms. The lowest BCUT2D eigenvalue weighted by Gasteiger charge is -2.13. The van der Waals surface area contributed by atoms with E-state index in [2.05, 4.69) is 0 Å². The monoisotopic (exact) mass is 360 g/mol. The largest absolute Gasteiger partial charge is 0.506 e. The van der Waals surface area contributed by atoms with E-state index in [1.54, 1.807) is 0 Å². The maximum Gasteiger partial charge on any atom is 0.417 e. The molecule has 0 spiro atoms. The number of benzene rings is 2. The molecule has 126 valence electrons. The third kappa shape index (κ3) is 3.57. The average molecular weight is 361 g/mol. The molecule has 2 aromatic carbocycles. The lowest BCUT2D eigenvalue weighted by molar-refractivity contribution is -0.384. The predicted octanol–water partition coefficient (Wildman–Crippen LogP) is 4.22. The van der Waals surface area contributed by atoms with Gasteiger partial charge >= 0.3 is 6.18 Å². The van der Waals surface area contributed by atoms with Crippen LogP contribution in [0.3, 0.4) is 0 Å². The highest BCUT2D eigenvalue weighted by atomic mass is 35.5. The maximum absolute atomic E-state index is 12.9. The topological polar surface area (TPSA) is 92.5 Å². The molecule has 0 heterocycles. The summed E-state index contributed by atoms with van der Waals surface area (Å²) >= 11 is 5.65. The highest BCUT2D eigenvalue weighted by Crippen LogP contribution is 2.36. The molecular weight excluding hydrogens is 353 g/mol. The average Bonchev–Trinajstić information content (AvgIpc) is 2.49. The predicted molar refractivity (Wildman–Crippen MR) is 79.2 cm³/mol. The second-order valence-electron chi connectivity index (χ2n) is 4.58. The van der Waals surface area contributed by atoms with Crippen molar-refractivity contribution in [3.63, 3.8) is 0 Å². The Hall–Kier alpha value is -2.81. The van der Waals surface area contributed by atoms with Gasteiger partial charge in [0.15, 0.2) is 0 Å². The number of nitro benzene ring substituents is 1. The second kappa shape index (κ2) is 6.36. The Labute approximate surface area is 137 Å². The van der Waals surface area contributed by atoms with Crippen molar-refractivity contribution in [2.75, 3.05) is 5.32 Å². The fourth-order valence-corrected chi connectivity index (χ4v) is 2.14. The van der Waals surface area contributed by atoms with Crippen LogP contribution in [0.15, 0.2) is 36.4 Å². The van der Waals surface area contributed by atoms with Gasteiger partial charge in [-0.3, -0.25) is 14.9 Å². The van der Waals surface area contributed by atoms with Crippen LogP contribution in [0.1, 0.15) is 15.9 Å². The first-order valence-corrected chi connectivity index (χ1v) is 6.63. The zero-order valence-corrected chi connectivity index (χ0v) is 12.4. The van der Waals surface area contributed by atoms with E-state index in [1.165, 1.54) is 6.07 Å². The molecule has 0 aliphatic heterocycles. The number of nitrogens with zero attached hydrogens (tertiary/aromatic N) is 1. The molecule has 0 saturated heterocycles. The van der Waals surface area contributed by atoms with Gasteiger partial charge < -0.3 is 10.4 Å². The van der Waals surface area contributed by atoms with Gasteiger partial charge in [-0.1, -0.05) is 23.7 Å². The van der Waals surface area contributed by atoms with E-state index < -0.39 is 44.6 Å². The first-order chi connectivity index (χ1) is 11.1. The van der Waals surface area contributed by atoms with Crippen molar-refractivity contribution in [2.24, 2.45) is 0 Å². The molecule has 0 atom stereocenters. The molecular formula is C14H8ClF3N2O4. The summed E-state index contributed by atoms with van der Waals surface area (Å²) in [6, 6.07) is 5.63. The molecule has 0 saturated carbocycles. The van der Waals surface area contributed by atoms with E-state index in [0.29, 0.717) is 6.07 Å². The van der Waals surface area contributed by atoms with Crippen molar-refractivity contribution in [3.8, 4) is 5.75 Å². The standard InChI is InChI=1S/C14H8ClF3N2O4/c15-9-5-10(12(21)6-11(9)20(23)24)19-13(22)7-3-1-2-4-8(7)14(16,17)18/h1-6,21H,(H,19,22). The number of nitro groups is 1. The SMILES string of the molecule is O=C(Nc1cc(Cl)c([N+](=O)[O-])cc1O)c1ccccc1C(F)(F)F. The number of anilines is 1. The fraction of sp³-hybridized carbons (Fsp3) is 0.0714. The van der Waals surface area contributed by atoms with E-state index in [-0.39, 0.29) is 5.69 Å². The highest BCUT2D eigenvalue weighted by molar-refractivity contribution is 6.33. The minimum absolute atomic E-state index is 0.354. The second-order valence-corrected chi connectivity index (χ2v) is 4.98. The Morgan fingerprint density at radius 2 is 1.88 bits per heavy atom. The highest BCUT2D eigenvalue weighted by Gasteiger charge is 2.35. The molecule has 0 aromatic heterocycles. The smallest absolute Gasteiger partial charge is 0.417 e. The molecule has 0 unspecified atom stereocenters. The fourth-order valence-electron chi connectivity index (χ4n) is 1.91. The number of hydrogen-bond acceptors (Lipinski definition) is 4. The Morgan fingerprint density at radius 1 is 1.25 bits per heavy atom. The number of carbonyl (C=O) groups excluding carboxylic acids is 1. The Morgan fingerprint density at radius 3 is 2.46 bits per heavy atom. The minimum Gasteiger partial charge on any atom is -0.506 e. The number of amides is 1. The van der Waals surface area contributed by atoms with E-state index >= 15 is 0 Å².